The van der Waals surface area contributed by atoms with Gasteiger partial charge in [0, 0.05) is 12.1 Å². The predicted octanol–water partition coefficient (Wildman–Crippen LogP) is 3.56. The molecule has 2 heteroatoms. The van der Waals surface area contributed by atoms with Crippen LogP contribution in [0, 0.1) is 0 Å². The van der Waals surface area contributed by atoms with Crippen molar-refractivity contribution >= 4 is 0 Å². The average Bonchev–Trinajstić information content (AvgIpc) is 2.51. The molecular weight excluding hydrogens is 246 g/mol. The number of aliphatic hydroxyl groups excluding tert-OH is 1. The highest BCUT2D eigenvalue weighted by Crippen LogP contribution is 2.40. The lowest BCUT2D eigenvalue weighted by Gasteiger charge is -2.42. The second-order valence-corrected chi connectivity index (χ2v) is 5.64. The van der Waals surface area contributed by atoms with E-state index in [0.717, 1.165) is 12.8 Å². The Bertz CT molecular complexity index is 490. The van der Waals surface area contributed by atoms with E-state index < -0.39 is 0 Å². The number of nitrogens with zero attached hydrogens (tertiary/aromatic N) is 1. The Morgan fingerprint density at radius 2 is 1.20 bits per heavy atom. The molecule has 0 saturated carbocycles. The van der Waals surface area contributed by atoms with E-state index in [1.807, 2.05) is 12.1 Å². The molecule has 104 valence electrons. The molecule has 0 radical (unpaired) electrons. The Balaban J connectivity index is 1.90. The van der Waals surface area contributed by atoms with Crippen molar-refractivity contribution in [2.75, 3.05) is 7.05 Å². The van der Waals surface area contributed by atoms with Gasteiger partial charge in [-0.3, -0.25) is 4.90 Å². The topological polar surface area (TPSA) is 23.5 Å². The van der Waals surface area contributed by atoms with Crippen LogP contribution in [0.4, 0.5) is 0 Å². The van der Waals surface area contributed by atoms with Crippen LogP contribution in [-0.4, -0.2) is 23.2 Å². The van der Waals surface area contributed by atoms with Crippen LogP contribution < -0.4 is 0 Å². The molecule has 0 bridgehead atoms. The molecule has 0 aliphatic carbocycles. The van der Waals surface area contributed by atoms with E-state index in [9.17, 15) is 5.11 Å². The van der Waals surface area contributed by atoms with E-state index in [4.69, 9.17) is 0 Å². The summed E-state index contributed by atoms with van der Waals surface area (Å²) in [5, 5.41) is 10.3. The minimum absolute atomic E-state index is 0.235. The fraction of sp³-hybridized carbons (Fsp3) is 0.333. The lowest BCUT2D eigenvalue weighted by molar-refractivity contribution is 0.0140. The van der Waals surface area contributed by atoms with Crippen molar-refractivity contribution in [1.82, 2.24) is 4.90 Å². The minimum Gasteiger partial charge on any atom is -0.393 e. The molecule has 0 amide bonds. The fourth-order valence-corrected chi connectivity index (χ4v) is 3.25. The Morgan fingerprint density at radius 3 is 1.60 bits per heavy atom. The van der Waals surface area contributed by atoms with E-state index >= 15 is 0 Å². The van der Waals surface area contributed by atoms with Crippen molar-refractivity contribution in [2.45, 2.75) is 31.0 Å². The smallest absolute Gasteiger partial charge is 0.0576 e. The summed E-state index contributed by atoms with van der Waals surface area (Å²) in [5.41, 5.74) is 2.57. The Labute approximate surface area is 120 Å². The highest BCUT2D eigenvalue weighted by molar-refractivity contribution is 5.24. The van der Waals surface area contributed by atoms with Gasteiger partial charge in [0.2, 0.25) is 0 Å². The summed E-state index contributed by atoms with van der Waals surface area (Å²) < 4.78 is 0. The maximum absolute atomic E-state index is 10.3. The van der Waals surface area contributed by atoms with Gasteiger partial charge in [0.25, 0.3) is 0 Å². The number of likely N-dealkylation sites (tertiary alicyclic amines) is 1. The van der Waals surface area contributed by atoms with Gasteiger partial charge in [0.15, 0.2) is 0 Å². The van der Waals surface area contributed by atoms with Gasteiger partial charge >= 0.3 is 0 Å². The summed E-state index contributed by atoms with van der Waals surface area (Å²) in [6.45, 7) is 0. The third kappa shape index (κ3) is 2.62. The van der Waals surface area contributed by atoms with Crippen molar-refractivity contribution in [1.29, 1.82) is 0 Å². The lowest BCUT2D eigenvalue weighted by atomic mass is 9.86. The second-order valence-electron chi connectivity index (χ2n) is 5.64. The van der Waals surface area contributed by atoms with Gasteiger partial charge in [-0.1, -0.05) is 60.7 Å². The molecule has 0 unspecified atom stereocenters. The number of benzene rings is 2. The first-order valence-corrected chi connectivity index (χ1v) is 7.25. The first-order valence-electron chi connectivity index (χ1n) is 7.25. The Kier molecular flexibility index (Phi) is 3.86. The molecule has 1 aliphatic rings. The average molecular weight is 267 g/mol. The van der Waals surface area contributed by atoms with Crippen LogP contribution in [0.15, 0.2) is 60.7 Å². The number of aliphatic hydroxyl groups is 1. The van der Waals surface area contributed by atoms with E-state index in [2.05, 4.69) is 60.5 Å². The fourth-order valence-electron chi connectivity index (χ4n) is 3.25. The lowest BCUT2D eigenvalue weighted by Crippen LogP contribution is -2.38. The van der Waals surface area contributed by atoms with Gasteiger partial charge in [-0.2, -0.15) is 0 Å². The summed E-state index contributed by atoms with van der Waals surface area (Å²) >= 11 is 0. The van der Waals surface area contributed by atoms with Crippen LogP contribution in [0.1, 0.15) is 36.1 Å². The molecule has 0 aromatic heterocycles. The number of rotatable bonds is 2. The van der Waals surface area contributed by atoms with Gasteiger partial charge in [-0.05, 0) is 31.0 Å². The molecular formula is C18H21NO. The normalized spacial score (nSPS) is 27.4. The second kappa shape index (κ2) is 5.78. The zero-order chi connectivity index (χ0) is 13.9. The van der Waals surface area contributed by atoms with Crippen molar-refractivity contribution in [2.24, 2.45) is 0 Å². The maximum atomic E-state index is 10.3. The van der Waals surface area contributed by atoms with E-state index in [0.29, 0.717) is 0 Å². The van der Waals surface area contributed by atoms with Gasteiger partial charge in [0.1, 0.15) is 0 Å². The Morgan fingerprint density at radius 1 is 0.800 bits per heavy atom. The van der Waals surface area contributed by atoms with Crippen LogP contribution in [0.2, 0.25) is 0 Å². The zero-order valence-corrected chi connectivity index (χ0v) is 11.8. The monoisotopic (exact) mass is 267 g/mol. The molecule has 2 atom stereocenters. The molecule has 2 nitrogen and oxygen atoms in total. The molecule has 0 spiro atoms. The minimum atomic E-state index is -0.235. The van der Waals surface area contributed by atoms with Gasteiger partial charge in [0.05, 0.1) is 6.10 Å². The van der Waals surface area contributed by atoms with E-state index in [-0.39, 0.29) is 18.2 Å². The summed E-state index contributed by atoms with van der Waals surface area (Å²) in [7, 11) is 2.17. The highest BCUT2D eigenvalue weighted by atomic mass is 16.3. The van der Waals surface area contributed by atoms with E-state index in [1.54, 1.807) is 0 Å². The number of piperidine rings is 1. The van der Waals surface area contributed by atoms with Crippen LogP contribution in [0.3, 0.4) is 0 Å². The molecule has 3 rings (SSSR count). The summed E-state index contributed by atoms with van der Waals surface area (Å²) in [6.07, 6.45) is 1.38. The molecule has 20 heavy (non-hydrogen) atoms. The summed E-state index contributed by atoms with van der Waals surface area (Å²) in [6, 6.07) is 21.5. The van der Waals surface area contributed by atoms with Crippen LogP contribution in [-0.2, 0) is 0 Å². The maximum Gasteiger partial charge on any atom is 0.0576 e. The largest absolute Gasteiger partial charge is 0.393 e. The van der Waals surface area contributed by atoms with Crippen molar-refractivity contribution in [3.8, 4) is 0 Å². The number of hydrogen-bond acceptors (Lipinski definition) is 2. The molecule has 2 aromatic rings. The first kappa shape index (κ1) is 13.3. The quantitative estimate of drug-likeness (QED) is 0.899. The van der Waals surface area contributed by atoms with Gasteiger partial charge in [-0.15, -0.1) is 0 Å². The first-order chi connectivity index (χ1) is 9.75. The molecule has 1 N–H and O–H groups in total. The summed E-state index contributed by atoms with van der Waals surface area (Å²) in [5.74, 6) is 0. The molecule has 2 aromatic carbocycles. The SMILES string of the molecule is CN1[C@@H](c2ccccc2)CC(O)C[C@@H]1c1ccccc1. The predicted molar refractivity (Wildman–Crippen MR) is 81.4 cm³/mol. The zero-order valence-electron chi connectivity index (χ0n) is 11.8. The Hall–Kier alpha value is -1.64. The molecule has 1 fully saturated rings. The van der Waals surface area contributed by atoms with Crippen LogP contribution >= 0.6 is 0 Å². The number of hydrogen-bond donors (Lipinski definition) is 1. The molecule has 1 aliphatic heterocycles. The van der Waals surface area contributed by atoms with Gasteiger partial charge < -0.3 is 5.11 Å². The van der Waals surface area contributed by atoms with E-state index in [1.165, 1.54) is 11.1 Å². The van der Waals surface area contributed by atoms with Gasteiger partial charge in [-0.25, -0.2) is 0 Å². The third-order valence-corrected chi connectivity index (χ3v) is 4.34. The van der Waals surface area contributed by atoms with Crippen LogP contribution in [0.5, 0.6) is 0 Å². The molecule has 1 saturated heterocycles. The summed E-state index contributed by atoms with van der Waals surface area (Å²) in [4.78, 5) is 2.40. The van der Waals surface area contributed by atoms with Crippen molar-refractivity contribution in [3.63, 3.8) is 0 Å². The van der Waals surface area contributed by atoms with Crippen molar-refractivity contribution < 1.29 is 5.11 Å². The van der Waals surface area contributed by atoms with Crippen molar-refractivity contribution in [3.05, 3.63) is 71.8 Å². The molecule has 1 heterocycles. The third-order valence-electron chi connectivity index (χ3n) is 4.34. The highest BCUT2D eigenvalue weighted by Gasteiger charge is 2.33. The standard InChI is InChI=1S/C18H21NO/c1-19-17(14-8-4-2-5-9-14)12-16(20)13-18(19)15-10-6-3-7-11-15/h2-11,16-18,20H,12-13H2,1H3/t17-,18-/m1/s1. The van der Waals surface area contributed by atoms with Crippen LogP contribution in [0.25, 0.3) is 0 Å².